The first-order valence-corrected chi connectivity index (χ1v) is 8.35. The van der Waals surface area contributed by atoms with E-state index in [9.17, 15) is 4.79 Å². The first-order chi connectivity index (χ1) is 10.7. The van der Waals surface area contributed by atoms with Crippen LogP contribution in [0.1, 0.15) is 15.5 Å². The van der Waals surface area contributed by atoms with E-state index < -0.39 is 0 Å². The quantitative estimate of drug-likeness (QED) is 0.942. The molecule has 0 spiro atoms. The van der Waals surface area contributed by atoms with Crippen LogP contribution in [0.15, 0.2) is 34.9 Å². The van der Waals surface area contributed by atoms with Crippen LogP contribution >= 0.6 is 11.3 Å². The van der Waals surface area contributed by atoms with Gasteiger partial charge in [0.25, 0.3) is 0 Å². The predicted molar refractivity (Wildman–Crippen MR) is 86.8 cm³/mol. The van der Waals surface area contributed by atoms with Crippen LogP contribution in [0.4, 0.5) is 4.79 Å². The third kappa shape index (κ3) is 3.90. The van der Waals surface area contributed by atoms with E-state index in [0.29, 0.717) is 6.54 Å². The third-order valence-corrected chi connectivity index (χ3v) is 4.83. The largest absolute Gasteiger partial charge is 0.468 e. The van der Waals surface area contributed by atoms with Crippen molar-refractivity contribution in [3.8, 4) is 0 Å². The zero-order valence-corrected chi connectivity index (χ0v) is 13.6. The summed E-state index contributed by atoms with van der Waals surface area (Å²) in [5.41, 5.74) is 0. The Morgan fingerprint density at radius 2 is 2.09 bits per heavy atom. The summed E-state index contributed by atoms with van der Waals surface area (Å²) >= 11 is 1.73. The van der Waals surface area contributed by atoms with Crippen molar-refractivity contribution in [2.24, 2.45) is 0 Å². The van der Waals surface area contributed by atoms with E-state index in [1.54, 1.807) is 17.6 Å². The lowest BCUT2D eigenvalue weighted by atomic mass is 10.3. The highest BCUT2D eigenvalue weighted by Gasteiger charge is 2.21. The summed E-state index contributed by atoms with van der Waals surface area (Å²) in [5.74, 6) is 0.978. The van der Waals surface area contributed by atoms with Crippen LogP contribution in [0.25, 0.3) is 0 Å². The fraction of sp³-hybridized carbons (Fsp3) is 0.438. The highest BCUT2D eigenvalue weighted by molar-refractivity contribution is 7.11. The van der Waals surface area contributed by atoms with Crippen molar-refractivity contribution in [1.29, 1.82) is 0 Å². The van der Waals surface area contributed by atoms with Crippen LogP contribution in [0, 0.1) is 6.92 Å². The number of urea groups is 1. The minimum absolute atomic E-state index is 0.0312. The van der Waals surface area contributed by atoms with Crippen LogP contribution < -0.4 is 5.32 Å². The molecule has 1 aliphatic rings. The Labute approximate surface area is 134 Å². The topological polar surface area (TPSA) is 48.7 Å². The molecule has 2 aromatic heterocycles. The second-order valence-corrected chi connectivity index (χ2v) is 6.89. The van der Waals surface area contributed by atoms with Gasteiger partial charge in [0.1, 0.15) is 5.76 Å². The molecule has 2 amide bonds. The molecule has 0 aromatic carbocycles. The molecule has 0 aliphatic carbocycles. The van der Waals surface area contributed by atoms with Gasteiger partial charge in [0.2, 0.25) is 0 Å². The zero-order valence-electron chi connectivity index (χ0n) is 12.7. The number of amides is 2. The molecule has 5 nitrogen and oxygen atoms in total. The Balaban J connectivity index is 1.41. The molecular formula is C16H21N3O2S. The van der Waals surface area contributed by atoms with E-state index in [2.05, 4.69) is 29.3 Å². The lowest BCUT2D eigenvalue weighted by molar-refractivity contribution is 0.130. The van der Waals surface area contributed by atoms with Crippen molar-refractivity contribution in [1.82, 2.24) is 15.1 Å². The van der Waals surface area contributed by atoms with Gasteiger partial charge in [-0.2, -0.15) is 0 Å². The molecule has 0 saturated carbocycles. The van der Waals surface area contributed by atoms with E-state index in [-0.39, 0.29) is 6.03 Å². The number of hydrogen-bond donors (Lipinski definition) is 1. The van der Waals surface area contributed by atoms with E-state index in [1.807, 2.05) is 17.0 Å². The van der Waals surface area contributed by atoms with Gasteiger partial charge in [-0.3, -0.25) is 4.90 Å². The van der Waals surface area contributed by atoms with Gasteiger partial charge in [0.05, 0.1) is 19.4 Å². The van der Waals surface area contributed by atoms with Crippen molar-refractivity contribution in [3.05, 3.63) is 46.0 Å². The maximum Gasteiger partial charge on any atom is 0.317 e. The number of rotatable bonds is 4. The average molecular weight is 319 g/mol. The highest BCUT2D eigenvalue weighted by atomic mass is 32.1. The summed E-state index contributed by atoms with van der Waals surface area (Å²) in [6.45, 7) is 6.79. The van der Waals surface area contributed by atoms with Crippen molar-refractivity contribution >= 4 is 17.4 Å². The lowest BCUT2D eigenvalue weighted by Crippen LogP contribution is -2.51. The Kier molecular flexibility index (Phi) is 4.80. The smallest absolute Gasteiger partial charge is 0.317 e. The average Bonchev–Trinajstić information content (AvgIpc) is 3.17. The fourth-order valence-corrected chi connectivity index (χ4v) is 3.42. The van der Waals surface area contributed by atoms with Gasteiger partial charge in [0, 0.05) is 35.9 Å². The zero-order chi connectivity index (χ0) is 15.4. The van der Waals surface area contributed by atoms with E-state index in [0.717, 1.165) is 38.5 Å². The lowest BCUT2D eigenvalue weighted by Gasteiger charge is -2.34. The molecular weight excluding hydrogens is 298 g/mol. The molecule has 118 valence electrons. The SMILES string of the molecule is Cc1ccc(CNC(=O)N2CCN(Cc3ccco3)CC2)s1. The van der Waals surface area contributed by atoms with Gasteiger partial charge in [-0.1, -0.05) is 0 Å². The van der Waals surface area contributed by atoms with Gasteiger partial charge in [-0.15, -0.1) is 11.3 Å². The maximum absolute atomic E-state index is 12.2. The predicted octanol–water partition coefficient (Wildman–Crippen LogP) is 2.68. The number of carbonyl (C=O) groups excluding carboxylic acids is 1. The number of nitrogens with zero attached hydrogens (tertiary/aromatic N) is 2. The first kappa shape index (κ1) is 15.1. The molecule has 1 N–H and O–H groups in total. The summed E-state index contributed by atoms with van der Waals surface area (Å²) < 4.78 is 5.37. The Hall–Kier alpha value is -1.79. The highest BCUT2D eigenvalue weighted by Crippen LogP contribution is 2.15. The standard InChI is InChI=1S/C16H21N3O2S/c1-13-4-5-15(22-13)11-17-16(20)19-8-6-18(7-9-19)12-14-3-2-10-21-14/h2-5,10H,6-9,11-12H2,1H3,(H,17,20). The van der Waals surface area contributed by atoms with Crippen LogP contribution in [0.2, 0.25) is 0 Å². The molecule has 0 radical (unpaired) electrons. The van der Waals surface area contributed by atoms with Crippen LogP contribution in [-0.2, 0) is 13.1 Å². The summed E-state index contributed by atoms with van der Waals surface area (Å²) in [7, 11) is 0. The van der Waals surface area contributed by atoms with E-state index >= 15 is 0 Å². The number of piperazine rings is 1. The second-order valence-electron chi connectivity index (χ2n) is 5.51. The first-order valence-electron chi connectivity index (χ1n) is 7.53. The number of furan rings is 1. The summed E-state index contributed by atoms with van der Waals surface area (Å²) in [5, 5.41) is 3.00. The van der Waals surface area contributed by atoms with Crippen molar-refractivity contribution in [3.63, 3.8) is 0 Å². The molecule has 1 fully saturated rings. The molecule has 0 atom stereocenters. The molecule has 3 rings (SSSR count). The molecule has 2 aromatic rings. The van der Waals surface area contributed by atoms with Crippen molar-refractivity contribution in [2.75, 3.05) is 26.2 Å². The van der Waals surface area contributed by atoms with Crippen LogP contribution in [0.5, 0.6) is 0 Å². The molecule has 1 aliphatic heterocycles. The number of carbonyl (C=O) groups is 1. The molecule has 3 heterocycles. The second kappa shape index (κ2) is 6.98. The summed E-state index contributed by atoms with van der Waals surface area (Å²) in [6.07, 6.45) is 1.70. The normalized spacial score (nSPS) is 16.0. The third-order valence-electron chi connectivity index (χ3n) is 3.83. The number of nitrogens with one attached hydrogen (secondary N) is 1. The van der Waals surface area contributed by atoms with Gasteiger partial charge < -0.3 is 14.6 Å². The minimum Gasteiger partial charge on any atom is -0.468 e. The molecule has 6 heteroatoms. The summed E-state index contributed by atoms with van der Waals surface area (Å²) in [4.78, 5) is 18.9. The van der Waals surface area contributed by atoms with E-state index in [4.69, 9.17) is 4.42 Å². The van der Waals surface area contributed by atoms with Crippen LogP contribution in [0.3, 0.4) is 0 Å². The van der Waals surface area contributed by atoms with Gasteiger partial charge in [-0.05, 0) is 31.2 Å². The van der Waals surface area contributed by atoms with E-state index in [1.165, 1.54) is 9.75 Å². The molecule has 22 heavy (non-hydrogen) atoms. The Morgan fingerprint density at radius 1 is 1.27 bits per heavy atom. The summed E-state index contributed by atoms with van der Waals surface area (Å²) in [6, 6.07) is 8.08. The van der Waals surface area contributed by atoms with Crippen molar-refractivity contribution < 1.29 is 9.21 Å². The van der Waals surface area contributed by atoms with Crippen molar-refractivity contribution in [2.45, 2.75) is 20.0 Å². The Bertz CT molecular complexity index is 601. The minimum atomic E-state index is 0.0312. The molecule has 1 saturated heterocycles. The number of aryl methyl sites for hydroxylation is 1. The number of hydrogen-bond acceptors (Lipinski definition) is 4. The maximum atomic E-state index is 12.2. The van der Waals surface area contributed by atoms with Gasteiger partial charge >= 0.3 is 6.03 Å². The molecule has 0 bridgehead atoms. The van der Waals surface area contributed by atoms with Gasteiger partial charge in [0.15, 0.2) is 0 Å². The fourth-order valence-electron chi connectivity index (χ4n) is 2.59. The number of thiophene rings is 1. The van der Waals surface area contributed by atoms with Crippen LogP contribution in [-0.4, -0.2) is 42.0 Å². The molecule has 0 unspecified atom stereocenters. The van der Waals surface area contributed by atoms with Gasteiger partial charge in [-0.25, -0.2) is 4.79 Å². The Morgan fingerprint density at radius 3 is 2.73 bits per heavy atom. The monoisotopic (exact) mass is 319 g/mol.